The summed E-state index contributed by atoms with van der Waals surface area (Å²) >= 11 is 0. The molecule has 7 nitrogen and oxygen atoms in total. The van der Waals surface area contributed by atoms with Crippen molar-refractivity contribution in [1.29, 1.82) is 0 Å². The van der Waals surface area contributed by atoms with Crippen molar-refractivity contribution >= 4 is 6.09 Å². The summed E-state index contributed by atoms with van der Waals surface area (Å²) in [5.41, 5.74) is -1.51. The Hall–Kier alpha value is -0.890. The fraction of sp³-hybridized carbons (Fsp3) is 0.875. The van der Waals surface area contributed by atoms with E-state index in [9.17, 15) is 20.1 Å². The molecule has 1 aliphatic carbocycles. The lowest BCUT2D eigenvalue weighted by Crippen LogP contribution is -2.72. The first-order valence-electron chi connectivity index (χ1n) is 4.65. The van der Waals surface area contributed by atoms with Crippen molar-refractivity contribution in [3.05, 3.63) is 0 Å². The molecule has 0 aromatic heterocycles. The molecule has 1 saturated heterocycles. The third kappa shape index (κ3) is 1.39. The van der Waals surface area contributed by atoms with E-state index in [1.807, 2.05) is 0 Å². The Kier molecular flexibility index (Phi) is 2.34. The number of carbonyl (C=O) groups is 1. The van der Waals surface area contributed by atoms with Crippen LogP contribution in [0.25, 0.3) is 0 Å². The highest BCUT2D eigenvalue weighted by Crippen LogP contribution is 2.35. The molecule has 1 aliphatic heterocycles. The van der Waals surface area contributed by atoms with Crippen LogP contribution in [-0.4, -0.2) is 63.1 Å². The molecule has 5 atom stereocenters. The predicted molar refractivity (Wildman–Crippen MR) is 45.9 cm³/mol. The average molecular weight is 219 g/mol. The van der Waals surface area contributed by atoms with E-state index >= 15 is 0 Å². The third-order valence-corrected chi connectivity index (χ3v) is 3.06. The lowest BCUT2D eigenvalue weighted by molar-refractivity contribution is -0.219. The van der Waals surface area contributed by atoms with Gasteiger partial charge in [0.1, 0.15) is 18.3 Å². The summed E-state index contributed by atoms with van der Waals surface area (Å²) in [5, 5.41) is 40.1. The maximum Gasteiger partial charge on any atom is 0.408 e. The van der Waals surface area contributed by atoms with Gasteiger partial charge in [0.2, 0.25) is 0 Å². The molecule has 2 rings (SSSR count). The van der Waals surface area contributed by atoms with E-state index in [0.717, 1.165) is 0 Å². The number of nitrogens with one attached hydrogen (secondary N) is 1. The van der Waals surface area contributed by atoms with Gasteiger partial charge in [-0.25, -0.2) is 4.79 Å². The van der Waals surface area contributed by atoms with E-state index in [4.69, 9.17) is 9.84 Å². The van der Waals surface area contributed by atoms with Crippen LogP contribution < -0.4 is 5.32 Å². The molecule has 15 heavy (non-hydrogen) atoms. The molecular formula is C8H13NO6. The van der Waals surface area contributed by atoms with E-state index in [0.29, 0.717) is 0 Å². The van der Waals surface area contributed by atoms with Gasteiger partial charge in [-0.2, -0.15) is 0 Å². The van der Waals surface area contributed by atoms with Crippen LogP contribution in [0, 0.1) is 0 Å². The number of amides is 1. The van der Waals surface area contributed by atoms with Gasteiger partial charge >= 0.3 is 6.09 Å². The molecule has 0 aromatic carbocycles. The first-order valence-corrected chi connectivity index (χ1v) is 4.65. The minimum atomic E-state index is -1.51. The van der Waals surface area contributed by atoms with Crippen LogP contribution >= 0.6 is 0 Å². The monoisotopic (exact) mass is 219 g/mol. The molecule has 7 heteroatoms. The quantitative estimate of drug-likeness (QED) is 0.328. The van der Waals surface area contributed by atoms with Crippen molar-refractivity contribution in [1.82, 2.24) is 5.32 Å². The van der Waals surface area contributed by atoms with Crippen molar-refractivity contribution in [2.75, 3.05) is 6.61 Å². The molecular weight excluding hydrogens is 206 g/mol. The third-order valence-electron chi connectivity index (χ3n) is 3.06. The van der Waals surface area contributed by atoms with E-state index in [-0.39, 0.29) is 6.42 Å². The predicted octanol–water partition coefficient (Wildman–Crippen LogP) is -2.69. The zero-order chi connectivity index (χ0) is 11.2. The van der Waals surface area contributed by atoms with Crippen molar-refractivity contribution < 1.29 is 30.0 Å². The zero-order valence-electron chi connectivity index (χ0n) is 7.83. The van der Waals surface area contributed by atoms with Gasteiger partial charge in [0.05, 0.1) is 12.6 Å². The molecule has 0 spiro atoms. The second kappa shape index (κ2) is 3.31. The number of rotatable bonds is 1. The number of fused-ring (bicyclic) bond motifs is 2. The average Bonchev–Trinajstić information content (AvgIpc) is 2.23. The van der Waals surface area contributed by atoms with Gasteiger partial charge in [-0.05, 0) is 0 Å². The number of aliphatic hydroxyl groups is 4. The van der Waals surface area contributed by atoms with E-state index < -0.39 is 42.7 Å². The van der Waals surface area contributed by atoms with Gasteiger partial charge in [-0.1, -0.05) is 0 Å². The van der Waals surface area contributed by atoms with Crippen LogP contribution in [0.4, 0.5) is 4.79 Å². The fourth-order valence-electron chi connectivity index (χ4n) is 2.14. The Morgan fingerprint density at radius 3 is 2.67 bits per heavy atom. The van der Waals surface area contributed by atoms with Crippen molar-refractivity contribution in [3.63, 3.8) is 0 Å². The van der Waals surface area contributed by atoms with Gasteiger partial charge in [0.25, 0.3) is 0 Å². The lowest BCUT2D eigenvalue weighted by Gasteiger charge is -2.50. The molecule has 1 amide bonds. The fourth-order valence-corrected chi connectivity index (χ4v) is 2.14. The highest BCUT2D eigenvalue weighted by molar-refractivity contribution is 5.69. The summed E-state index contributed by atoms with van der Waals surface area (Å²) in [7, 11) is 0. The topological polar surface area (TPSA) is 119 Å². The number of alkyl carbamates (subject to hydrolysis) is 1. The second-order valence-electron chi connectivity index (χ2n) is 3.99. The zero-order valence-corrected chi connectivity index (χ0v) is 7.83. The number of ether oxygens (including phenoxy) is 1. The van der Waals surface area contributed by atoms with E-state index in [1.165, 1.54) is 0 Å². The summed E-state index contributed by atoms with van der Waals surface area (Å²) in [4.78, 5) is 11.1. The standard InChI is InChI=1S/C8H13NO6/c10-2-8-1-3(9-7(14)15-8)4(11)5(12)6(8)13/h3-6,10-13H,1-2H2,(H,9,14)/t3-,4+,5-,6-,8+/m0/s1. The first kappa shape index (κ1) is 10.6. The molecule has 5 N–H and O–H groups in total. The van der Waals surface area contributed by atoms with E-state index in [1.54, 1.807) is 0 Å². The molecule has 2 aliphatic rings. The summed E-state index contributed by atoms with van der Waals surface area (Å²) in [6.07, 6.45) is -4.94. The highest BCUT2D eigenvalue weighted by atomic mass is 16.6. The molecule has 0 radical (unpaired) electrons. The van der Waals surface area contributed by atoms with Crippen LogP contribution in [-0.2, 0) is 4.74 Å². The SMILES string of the molecule is O=C1N[C@H]2C[C@](CO)(O1)[C@@H](O)[C@@H](O)[C@@H]2O. The van der Waals surface area contributed by atoms with Crippen molar-refractivity contribution in [2.24, 2.45) is 0 Å². The largest absolute Gasteiger partial charge is 0.438 e. The molecule has 86 valence electrons. The molecule has 1 heterocycles. The molecule has 0 unspecified atom stereocenters. The van der Waals surface area contributed by atoms with Gasteiger partial charge in [-0.15, -0.1) is 0 Å². The maximum absolute atomic E-state index is 11.1. The van der Waals surface area contributed by atoms with Crippen LogP contribution in [0.5, 0.6) is 0 Å². The van der Waals surface area contributed by atoms with Crippen molar-refractivity contribution in [3.8, 4) is 0 Å². The molecule has 2 bridgehead atoms. The van der Waals surface area contributed by atoms with Crippen LogP contribution in [0.15, 0.2) is 0 Å². The number of aliphatic hydroxyl groups excluding tert-OH is 4. The van der Waals surface area contributed by atoms with Gasteiger partial charge < -0.3 is 30.5 Å². The highest BCUT2D eigenvalue weighted by Gasteiger charge is 2.57. The van der Waals surface area contributed by atoms with Gasteiger partial charge in [0, 0.05) is 6.42 Å². The smallest absolute Gasteiger partial charge is 0.408 e. The molecule has 1 saturated carbocycles. The molecule has 2 fully saturated rings. The van der Waals surface area contributed by atoms with Crippen LogP contribution in [0.2, 0.25) is 0 Å². The maximum atomic E-state index is 11.1. The second-order valence-corrected chi connectivity index (χ2v) is 3.99. The summed E-state index contributed by atoms with van der Waals surface area (Å²) < 4.78 is 4.80. The minimum Gasteiger partial charge on any atom is -0.438 e. The number of hydrogen-bond acceptors (Lipinski definition) is 6. The minimum absolute atomic E-state index is 0.0641. The normalized spacial score (nSPS) is 49.5. The summed E-state index contributed by atoms with van der Waals surface area (Å²) in [6.45, 7) is -0.595. The summed E-state index contributed by atoms with van der Waals surface area (Å²) in [5.74, 6) is 0. The van der Waals surface area contributed by atoms with Crippen molar-refractivity contribution in [2.45, 2.75) is 36.4 Å². The Bertz CT molecular complexity index is 284. The molecule has 0 aromatic rings. The Morgan fingerprint density at radius 2 is 2.07 bits per heavy atom. The Morgan fingerprint density at radius 1 is 1.40 bits per heavy atom. The van der Waals surface area contributed by atoms with Gasteiger partial charge in [-0.3, -0.25) is 0 Å². The Labute approximate surface area is 85.3 Å². The summed E-state index contributed by atoms with van der Waals surface area (Å²) in [6, 6.07) is -0.711. The number of hydrogen-bond donors (Lipinski definition) is 5. The van der Waals surface area contributed by atoms with Crippen LogP contribution in [0.3, 0.4) is 0 Å². The lowest BCUT2D eigenvalue weighted by atomic mass is 9.75. The van der Waals surface area contributed by atoms with Crippen LogP contribution in [0.1, 0.15) is 6.42 Å². The number of carbonyl (C=O) groups excluding carboxylic acids is 1. The Balaban J connectivity index is 2.32. The van der Waals surface area contributed by atoms with E-state index in [2.05, 4.69) is 5.32 Å². The van der Waals surface area contributed by atoms with Gasteiger partial charge in [0.15, 0.2) is 5.60 Å². The first-order chi connectivity index (χ1) is 7.00.